The molecule has 3 rings (SSSR count). The van der Waals surface area contributed by atoms with Gasteiger partial charge in [0.2, 0.25) is 0 Å². The van der Waals surface area contributed by atoms with Gasteiger partial charge in [-0.1, -0.05) is 35.9 Å². The number of aromatic nitrogens is 2. The smallest absolute Gasteiger partial charge is 0.268 e. The quantitative estimate of drug-likeness (QED) is 0.718. The Labute approximate surface area is 147 Å². The van der Waals surface area contributed by atoms with Crippen molar-refractivity contribution < 1.29 is 4.79 Å². The predicted molar refractivity (Wildman–Crippen MR) is 94.1 cm³/mol. The summed E-state index contributed by atoms with van der Waals surface area (Å²) in [7, 11) is 0. The van der Waals surface area contributed by atoms with Gasteiger partial charge in [-0.25, -0.2) is 0 Å². The molecule has 0 unspecified atom stereocenters. The predicted octanol–water partition coefficient (Wildman–Crippen LogP) is 2.54. The number of hydrogen-bond donors (Lipinski definition) is 0. The summed E-state index contributed by atoms with van der Waals surface area (Å²) in [6.45, 7) is 0.449. The van der Waals surface area contributed by atoms with E-state index in [1.54, 1.807) is 18.3 Å². The van der Waals surface area contributed by atoms with Crippen LogP contribution in [0.25, 0.3) is 0 Å². The topological polar surface area (TPSA) is 56.4 Å². The molecular formula is C17H14ClN3O2S. The van der Waals surface area contributed by atoms with Gasteiger partial charge in [-0.3, -0.25) is 9.59 Å². The van der Waals surface area contributed by atoms with E-state index in [-0.39, 0.29) is 18.0 Å². The first kappa shape index (κ1) is 16.4. The molecule has 5 nitrogen and oxygen atoms in total. The molecule has 2 aromatic heterocycles. The number of benzene rings is 1. The van der Waals surface area contributed by atoms with E-state index in [1.807, 2.05) is 40.4 Å². The van der Waals surface area contributed by atoms with E-state index >= 15 is 0 Å². The van der Waals surface area contributed by atoms with Crippen LogP contribution in [0.5, 0.6) is 0 Å². The number of carbonyl (C=O) groups excluding carboxylic acids is 1. The Morgan fingerprint density at radius 1 is 1.08 bits per heavy atom. The molecule has 122 valence electrons. The Kier molecular flexibility index (Phi) is 5.08. The summed E-state index contributed by atoms with van der Waals surface area (Å²) in [5.74, 6) is -0.376. The highest BCUT2D eigenvalue weighted by Crippen LogP contribution is 2.15. The fourth-order valence-electron chi connectivity index (χ4n) is 2.20. The van der Waals surface area contributed by atoms with E-state index in [0.717, 1.165) is 5.56 Å². The van der Waals surface area contributed by atoms with E-state index in [0.29, 0.717) is 16.4 Å². The van der Waals surface area contributed by atoms with Crippen LogP contribution in [0.2, 0.25) is 5.02 Å². The second-order valence-electron chi connectivity index (χ2n) is 5.08. The molecule has 0 saturated carbocycles. The Hall–Kier alpha value is -2.44. The highest BCUT2D eigenvalue weighted by molar-refractivity contribution is 7.07. The Morgan fingerprint density at radius 3 is 2.67 bits per heavy atom. The summed E-state index contributed by atoms with van der Waals surface area (Å²) >= 11 is 7.54. The molecule has 0 radical (unpaired) electrons. The lowest BCUT2D eigenvalue weighted by Gasteiger charge is -2.05. The van der Waals surface area contributed by atoms with Gasteiger partial charge in [-0.05, 0) is 17.7 Å². The molecule has 2 heterocycles. The maximum Gasteiger partial charge on any atom is 0.268 e. The standard InChI is InChI=1S/C17H14ClN3O2S/c18-14-6-2-1-5-13(14)11-21-9-10-24-17(21)19-15(22)12-20-8-4-3-7-16(20)23/h1-10H,11-12H2. The zero-order valence-corrected chi connectivity index (χ0v) is 14.2. The van der Waals surface area contributed by atoms with Gasteiger partial charge in [0.1, 0.15) is 6.54 Å². The summed E-state index contributed by atoms with van der Waals surface area (Å²) < 4.78 is 3.19. The molecule has 24 heavy (non-hydrogen) atoms. The summed E-state index contributed by atoms with van der Waals surface area (Å²) in [4.78, 5) is 28.5. The van der Waals surface area contributed by atoms with Crippen LogP contribution in [0.3, 0.4) is 0 Å². The van der Waals surface area contributed by atoms with Crippen molar-refractivity contribution in [3.05, 3.63) is 86.0 Å². The fraction of sp³-hybridized carbons (Fsp3) is 0.118. The lowest BCUT2D eigenvalue weighted by Crippen LogP contribution is -2.24. The molecule has 0 saturated heterocycles. The molecular weight excluding hydrogens is 346 g/mol. The first-order valence-corrected chi connectivity index (χ1v) is 8.49. The van der Waals surface area contributed by atoms with E-state index in [9.17, 15) is 9.59 Å². The van der Waals surface area contributed by atoms with Crippen LogP contribution in [0.15, 0.2) is 70.0 Å². The normalized spacial score (nSPS) is 11.6. The first-order chi connectivity index (χ1) is 11.6. The largest absolute Gasteiger partial charge is 0.319 e. The minimum Gasteiger partial charge on any atom is -0.319 e. The van der Waals surface area contributed by atoms with E-state index < -0.39 is 0 Å². The number of pyridine rings is 1. The zero-order valence-electron chi connectivity index (χ0n) is 12.6. The van der Waals surface area contributed by atoms with Crippen molar-refractivity contribution >= 4 is 28.8 Å². The molecule has 7 heteroatoms. The number of carbonyl (C=O) groups is 1. The average Bonchev–Trinajstić information content (AvgIpc) is 2.99. The highest BCUT2D eigenvalue weighted by Gasteiger charge is 2.05. The van der Waals surface area contributed by atoms with Gasteiger partial charge in [0.25, 0.3) is 11.5 Å². The van der Waals surface area contributed by atoms with Crippen molar-refractivity contribution in [3.63, 3.8) is 0 Å². The monoisotopic (exact) mass is 359 g/mol. The second-order valence-corrected chi connectivity index (χ2v) is 6.36. The lowest BCUT2D eigenvalue weighted by molar-refractivity contribution is -0.118. The van der Waals surface area contributed by atoms with Crippen molar-refractivity contribution in [2.24, 2.45) is 4.99 Å². The fourth-order valence-corrected chi connectivity index (χ4v) is 3.14. The van der Waals surface area contributed by atoms with E-state index in [2.05, 4.69) is 4.99 Å². The first-order valence-electron chi connectivity index (χ1n) is 7.24. The van der Waals surface area contributed by atoms with E-state index in [1.165, 1.54) is 22.0 Å². The molecule has 0 N–H and O–H groups in total. The van der Waals surface area contributed by atoms with Gasteiger partial charge in [-0.15, -0.1) is 11.3 Å². The van der Waals surface area contributed by atoms with Gasteiger partial charge in [-0.2, -0.15) is 4.99 Å². The molecule has 0 aliphatic carbocycles. The van der Waals surface area contributed by atoms with Crippen molar-refractivity contribution in [1.82, 2.24) is 9.13 Å². The van der Waals surface area contributed by atoms with Crippen LogP contribution in [-0.4, -0.2) is 15.0 Å². The maximum absolute atomic E-state index is 12.1. The summed E-state index contributed by atoms with van der Waals surface area (Å²) in [5.41, 5.74) is 0.724. The van der Waals surface area contributed by atoms with Gasteiger partial charge < -0.3 is 9.13 Å². The number of rotatable bonds is 4. The van der Waals surface area contributed by atoms with Crippen LogP contribution >= 0.6 is 22.9 Å². The minimum atomic E-state index is -0.376. The molecule has 0 bridgehead atoms. The van der Waals surface area contributed by atoms with Crippen LogP contribution < -0.4 is 10.4 Å². The Bertz CT molecular complexity index is 987. The number of nitrogens with zero attached hydrogens (tertiary/aromatic N) is 3. The summed E-state index contributed by atoms with van der Waals surface area (Å²) in [6, 6.07) is 12.3. The number of amides is 1. The number of hydrogen-bond acceptors (Lipinski definition) is 3. The zero-order chi connectivity index (χ0) is 16.9. The number of halogens is 1. The lowest BCUT2D eigenvalue weighted by atomic mass is 10.2. The van der Waals surface area contributed by atoms with Gasteiger partial charge >= 0.3 is 0 Å². The molecule has 0 atom stereocenters. The Balaban J connectivity index is 1.83. The van der Waals surface area contributed by atoms with Crippen molar-refractivity contribution in [2.45, 2.75) is 13.1 Å². The van der Waals surface area contributed by atoms with Crippen molar-refractivity contribution in [3.8, 4) is 0 Å². The van der Waals surface area contributed by atoms with Crippen molar-refractivity contribution in [2.75, 3.05) is 0 Å². The summed E-state index contributed by atoms with van der Waals surface area (Å²) in [5, 5.41) is 2.53. The minimum absolute atomic E-state index is 0.0797. The van der Waals surface area contributed by atoms with Crippen LogP contribution in [-0.2, 0) is 17.9 Å². The molecule has 1 aromatic carbocycles. The second kappa shape index (κ2) is 7.42. The molecule has 3 aromatic rings. The Morgan fingerprint density at radius 2 is 1.88 bits per heavy atom. The molecule has 0 spiro atoms. The van der Waals surface area contributed by atoms with Crippen molar-refractivity contribution in [1.29, 1.82) is 0 Å². The summed E-state index contributed by atoms with van der Waals surface area (Å²) in [6.07, 6.45) is 3.43. The molecule has 0 fully saturated rings. The third kappa shape index (κ3) is 3.90. The van der Waals surface area contributed by atoms with Crippen LogP contribution in [0, 0.1) is 0 Å². The average molecular weight is 360 g/mol. The van der Waals surface area contributed by atoms with Gasteiger partial charge in [0.05, 0.1) is 6.54 Å². The van der Waals surface area contributed by atoms with Gasteiger partial charge in [0, 0.05) is 28.9 Å². The number of thiazole rings is 1. The molecule has 1 amide bonds. The van der Waals surface area contributed by atoms with Gasteiger partial charge in [0.15, 0.2) is 4.80 Å². The molecule has 0 aliphatic rings. The van der Waals surface area contributed by atoms with E-state index in [4.69, 9.17) is 11.6 Å². The van der Waals surface area contributed by atoms with Crippen LogP contribution in [0.4, 0.5) is 0 Å². The maximum atomic E-state index is 12.1. The third-order valence-corrected chi connectivity index (χ3v) is 4.55. The third-order valence-electron chi connectivity index (χ3n) is 3.38. The molecule has 0 aliphatic heterocycles. The SMILES string of the molecule is O=C(Cn1ccccc1=O)N=c1sccn1Cc1ccccc1Cl. The van der Waals surface area contributed by atoms with Crippen LogP contribution in [0.1, 0.15) is 5.56 Å². The highest BCUT2D eigenvalue weighted by atomic mass is 35.5.